The number of carbonyl (C=O) groups excluding carboxylic acids is 1. The predicted molar refractivity (Wildman–Crippen MR) is 73.8 cm³/mol. The van der Waals surface area contributed by atoms with E-state index in [2.05, 4.69) is 0 Å². The lowest BCUT2D eigenvalue weighted by atomic mass is 10.1. The molecule has 0 spiro atoms. The molecular formula is C16H15FO3. The number of ketones is 1. The summed E-state index contributed by atoms with van der Waals surface area (Å²) in [6.07, 6.45) is 0. The number of rotatable bonds is 6. The van der Waals surface area contributed by atoms with E-state index in [4.69, 9.17) is 9.47 Å². The van der Waals surface area contributed by atoms with Gasteiger partial charge < -0.3 is 9.47 Å². The number of hydrogen-bond acceptors (Lipinski definition) is 3. The Hall–Kier alpha value is -2.36. The molecule has 0 aliphatic heterocycles. The van der Waals surface area contributed by atoms with E-state index >= 15 is 0 Å². The molecule has 0 N–H and O–H groups in total. The Morgan fingerprint density at radius 2 is 1.90 bits per heavy atom. The molecular weight excluding hydrogens is 259 g/mol. The van der Waals surface area contributed by atoms with E-state index in [0.29, 0.717) is 23.7 Å². The van der Waals surface area contributed by atoms with Crippen LogP contribution in [0.3, 0.4) is 0 Å². The van der Waals surface area contributed by atoms with Crippen molar-refractivity contribution < 1.29 is 18.7 Å². The minimum absolute atomic E-state index is 0.159. The van der Waals surface area contributed by atoms with Gasteiger partial charge in [-0.25, -0.2) is 4.39 Å². The zero-order valence-electron chi connectivity index (χ0n) is 11.1. The fourth-order valence-corrected chi connectivity index (χ4v) is 1.76. The number of carbonyl (C=O) groups is 1. The fourth-order valence-electron chi connectivity index (χ4n) is 1.76. The van der Waals surface area contributed by atoms with Gasteiger partial charge in [-0.15, -0.1) is 0 Å². The molecule has 0 atom stereocenters. The molecule has 0 aromatic heterocycles. The molecule has 0 radical (unpaired) electrons. The summed E-state index contributed by atoms with van der Waals surface area (Å²) in [6.45, 7) is 2.17. The lowest BCUT2D eigenvalue weighted by Crippen LogP contribution is -2.13. The van der Waals surface area contributed by atoms with Gasteiger partial charge in [0.05, 0.1) is 12.2 Å². The summed E-state index contributed by atoms with van der Waals surface area (Å²) < 4.78 is 23.7. The van der Waals surface area contributed by atoms with Gasteiger partial charge in [0.25, 0.3) is 0 Å². The molecule has 2 aromatic carbocycles. The van der Waals surface area contributed by atoms with Gasteiger partial charge in [-0.1, -0.05) is 18.2 Å². The van der Waals surface area contributed by atoms with Crippen LogP contribution in [0.25, 0.3) is 0 Å². The maximum absolute atomic E-state index is 13.0. The first-order chi connectivity index (χ1) is 9.70. The number of para-hydroxylation sites is 1. The minimum Gasteiger partial charge on any atom is -0.493 e. The van der Waals surface area contributed by atoms with E-state index in [1.165, 1.54) is 18.2 Å². The van der Waals surface area contributed by atoms with Crippen molar-refractivity contribution in [1.82, 2.24) is 0 Å². The molecule has 0 amide bonds. The molecule has 0 unspecified atom stereocenters. The van der Waals surface area contributed by atoms with Gasteiger partial charge in [0, 0.05) is 6.07 Å². The van der Waals surface area contributed by atoms with E-state index in [0.717, 1.165) is 0 Å². The summed E-state index contributed by atoms with van der Waals surface area (Å²) in [7, 11) is 0. The Balaban J connectivity index is 2.05. The topological polar surface area (TPSA) is 35.5 Å². The van der Waals surface area contributed by atoms with Gasteiger partial charge in [0.2, 0.25) is 5.78 Å². The summed E-state index contributed by atoms with van der Waals surface area (Å²) in [5.74, 6) is 0.248. The average molecular weight is 274 g/mol. The van der Waals surface area contributed by atoms with Crippen molar-refractivity contribution in [3.63, 3.8) is 0 Å². The van der Waals surface area contributed by atoms with E-state index in [1.807, 2.05) is 6.92 Å². The second-order valence-electron chi connectivity index (χ2n) is 4.10. The van der Waals surface area contributed by atoms with Gasteiger partial charge in [0.15, 0.2) is 6.61 Å². The summed E-state index contributed by atoms with van der Waals surface area (Å²) in [6, 6.07) is 12.7. The van der Waals surface area contributed by atoms with Crippen LogP contribution in [0.5, 0.6) is 11.5 Å². The molecule has 0 fully saturated rings. The Kier molecular flexibility index (Phi) is 4.71. The first-order valence-electron chi connectivity index (χ1n) is 6.34. The molecule has 4 heteroatoms. The van der Waals surface area contributed by atoms with Crippen LogP contribution in [0, 0.1) is 5.82 Å². The third kappa shape index (κ3) is 3.57. The van der Waals surface area contributed by atoms with Crippen molar-refractivity contribution in [2.24, 2.45) is 0 Å². The van der Waals surface area contributed by atoms with E-state index in [-0.39, 0.29) is 12.4 Å². The number of benzene rings is 2. The van der Waals surface area contributed by atoms with Gasteiger partial charge in [0.1, 0.15) is 17.3 Å². The standard InChI is InChI=1S/C16H15FO3/c1-2-19-16-9-4-3-8-14(16)15(18)11-20-13-7-5-6-12(17)10-13/h3-10H,2,11H2,1H3. The minimum atomic E-state index is -0.398. The SMILES string of the molecule is CCOc1ccccc1C(=O)COc1cccc(F)c1. The summed E-state index contributed by atoms with van der Waals surface area (Å²) in [5, 5.41) is 0. The monoisotopic (exact) mass is 274 g/mol. The molecule has 2 aromatic rings. The van der Waals surface area contributed by atoms with Gasteiger partial charge in [-0.05, 0) is 31.2 Å². The van der Waals surface area contributed by atoms with Crippen LogP contribution < -0.4 is 9.47 Å². The molecule has 0 aliphatic rings. The smallest absolute Gasteiger partial charge is 0.203 e. The predicted octanol–water partition coefficient (Wildman–Crippen LogP) is 3.49. The Bertz CT molecular complexity index is 596. The van der Waals surface area contributed by atoms with Crippen LogP contribution in [0.2, 0.25) is 0 Å². The van der Waals surface area contributed by atoms with Gasteiger partial charge in [-0.3, -0.25) is 4.79 Å². The number of hydrogen-bond donors (Lipinski definition) is 0. The zero-order chi connectivity index (χ0) is 14.4. The van der Waals surface area contributed by atoms with Crippen molar-refractivity contribution in [1.29, 1.82) is 0 Å². The highest BCUT2D eigenvalue weighted by Gasteiger charge is 2.12. The molecule has 0 heterocycles. The Morgan fingerprint density at radius 1 is 1.10 bits per heavy atom. The quantitative estimate of drug-likeness (QED) is 0.756. The van der Waals surface area contributed by atoms with Gasteiger partial charge >= 0.3 is 0 Å². The molecule has 0 aliphatic carbocycles. The number of halogens is 1. The summed E-state index contributed by atoms with van der Waals surface area (Å²) in [5.41, 5.74) is 0.464. The van der Waals surface area contributed by atoms with E-state index in [1.54, 1.807) is 30.3 Å². The fraction of sp³-hybridized carbons (Fsp3) is 0.188. The molecule has 2 rings (SSSR count). The van der Waals surface area contributed by atoms with E-state index in [9.17, 15) is 9.18 Å². The lowest BCUT2D eigenvalue weighted by Gasteiger charge is -2.10. The largest absolute Gasteiger partial charge is 0.493 e. The van der Waals surface area contributed by atoms with Crippen molar-refractivity contribution in [3.05, 3.63) is 59.9 Å². The van der Waals surface area contributed by atoms with Crippen LogP contribution in [-0.4, -0.2) is 19.0 Å². The lowest BCUT2D eigenvalue weighted by molar-refractivity contribution is 0.0917. The molecule has 0 bridgehead atoms. The highest BCUT2D eigenvalue weighted by atomic mass is 19.1. The third-order valence-electron chi connectivity index (χ3n) is 2.65. The summed E-state index contributed by atoms with van der Waals surface area (Å²) in [4.78, 5) is 12.1. The second kappa shape index (κ2) is 6.70. The summed E-state index contributed by atoms with van der Waals surface area (Å²) >= 11 is 0. The molecule has 0 saturated heterocycles. The molecule has 20 heavy (non-hydrogen) atoms. The molecule has 0 saturated carbocycles. The normalized spacial score (nSPS) is 10.1. The maximum Gasteiger partial charge on any atom is 0.203 e. The first kappa shape index (κ1) is 14.1. The first-order valence-corrected chi connectivity index (χ1v) is 6.34. The van der Waals surface area contributed by atoms with Crippen molar-refractivity contribution in [2.75, 3.05) is 13.2 Å². The van der Waals surface area contributed by atoms with Crippen molar-refractivity contribution in [3.8, 4) is 11.5 Å². The Morgan fingerprint density at radius 3 is 2.65 bits per heavy atom. The van der Waals surface area contributed by atoms with Crippen molar-refractivity contribution >= 4 is 5.78 Å². The highest BCUT2D eigenvalue weighted by Crippen LogP contribution is 2.19. The van der Waals surface area contributed by atoms with Crippen LogP contribution in [0.15, 0.2) is 48.5 Å². The Labute approximate surface area is 117 Å². The number of Topliss-reactive ketones (excluding diaryl/α,β-unsaturated/α-hetero) is 1. The second-order valence-corrected chi connectivity index (χ2v) is 4.10. The third-order valence-corrected chi connectivity index (χ3v) is 2.65. The zero-order valence-corrected chi connectivity index (χ0v) is 11.1. The van der Waals surface area contributed by atoms with Crippen LogP contribution in [0.1, 0.15) is 17.3 Å². The highest BCUT2D eigenvalue weighted by molar-refractivity contribution is 5.99. The van der Waals surface area contributed by atoms with E-state index < -0.39 is 5.82 Å². The number of ether oxygens (including phenoxy) is 2. The van der Waals surface area contributed by atoms with Crippen LogP contribution >= 0.6 is 0 Å². The van der Waals surface area contributed by atoms with Crippen LogP contribution in [-0.2, 0) is 0 Å². The molecule has 104 valence electrons. The molecule has 3 nitrogen and oxygen atoms in total. The average Bonchev–Trinajstić information content (AvgIpc) is 2.46. The van der Waals surface area contributed by atoms with Crippen molar-refractivity contribution in [2.45, 2.75) is 6.92 Å². The van der Waals surface area contributed by atoms with Gasteiger partial charge in [-0.2, -0.15) is 0 Å². The van der Waals surface area contributed by atoms with Crippen LogP contribution in [0.4, 0.5) is 4.39 Å². The maximum atomic E-state index is 13.0.